The molecule has 3 unspecified atom stereocenters. The zero-order valence-corrected chi connectivity index (χ0v) is 16.3. The lowest BCUT2D eigenvalue weighted by atomic mass is 9.74. The predicted octanol–water partition coefficient (Wildman–Crippen LogP) is 6.94. The monoisotopic (exact) mass is 432 g/mol. The summed E-state index contributed by atoms with van der Waals surface area (Å²) in [6, 6.07) is 3.10. The number of alkyl halides is 4. The second-order valence-electron chi connectivity index (χ2n) is 7.60. The number of aliphatic hydroxyl groups excluding tert-OH is 1. The maximum Gasteiger partial charge on any atom is 0.523 e. The molecule has 0 saturated carbocycles. The third-order valence-electron chi connectivity index (χ3n) is 5.63. The Labute approximate surface area is 170 Å². The van der Waals surface area contributed by atoms with Gasteiger partial charge in [0.05, 0.1) is 0 Å². The standard InChI is InChI=1S/C22H22F6O2/c1-2-4-13-7-9-14(10-8-13)21(30-22(26,27)28)12-11-16(19(29)20(21)25)15-5-3-6-17(23)18(15)24/h3,5-6,9,11-13,20,29H,2,4,7-8,10H2,1H3. The van der Waals surface area contributed by atoms with E-state index in [2.05, 4.69) is 4.74 Å². The van der Waals surface area contributed by atoms with Gasteiger partial charge in [-0.2, -0.15) is 0 Å². The highest BCUT2D eigenvalue weighted by Gasteiger charge is 2.53. The fraction of sp³-hybridized carbons (Fsp3) is 0.455. The van der Waals surface area contributed by atoms with Gasteiger partial charge in [-0.25, -0.2) is 13.2 Å². The summed E-state index contributed by atoms with van der Waals surface area (Å²) in [5.41, 5.74) is -3.40. The molecule has 0 bridgehead atoms. The minimum absolute atomic E-state index is 0.0706. The number of rotatable bonds is 5. The summed E-state index contributed by atoms with van der Waals surface area (Å²) in [5, 5.41) is 10.4. The average Bonchev–Trinajstić information content (AvgIpc) is 2.68. The first-order chi connectivity index (χ1) is 14.1. The van der Waals surface area contributed by atoms with E-state index in [4.69, 9.17) is 0 Å². The Morgan fingerprint density at radius 2 is 1.97 bits per heavy atom. The summed E-state index contributed by atoms with van der Waals surface area (Å²) >= 11 is 0. The van der Waals surface area contributed by atoms with Crippen LogP contribution in [0.4, 0.5) is 26.3 Å². The lowest BCUT2D eigenvalue weighted by Gasteiger charge is -2.40. The van der Waals surface area contributed by atoms with Crippen LogP contribution in [-0.4, -0.2) is 23.2 Å². The van der Waals surface area contributed by atoms with Crippen LogP contribution in [0.5, 0.6) is 0 Å². The molecule has 164 valence electrons. The maximum atomic E-state index is 15.4. The van der Waals surface area contributed by atoms with Crippen molar-refractivity contribution in [2.45, 2.75) is 57.2 Å². The van der Waals surface area contributed by atoms with Gasteiger partial charge >= 0.3 is 6.36 Å². The molecule has 0 aromatic heterocycles. The molecule has 2 aliphatic carbocycles. The lowest BCUT2D eigenvalue weighted by molar-refractivity contribution is -0.358. The van der Waals surface area contributed by atoms with Crippen LogP contribution in [0.1, 0.15) is 44.6 Å². The van der Waals surface area contributed by atoms with Crippen molar-refractivity contribution in [2.75, 3.05) is 0 Å². The van der Waals surface area contributed by atoms with E-state index in [-0.39, 0.29) is 17.9 Å². The second kappa shape index (κ2) is 8.49. The zero-order valence-electron chi connectivity index (χ0n) is 16.3. The minimum Gasteiger partial charge on any atom is -0.508 e. The van der Waals surface area contributed by atoms with E-state index in [0.29, 0.717) is 12.8 Å². The molecule has 8 heteroatoms. The number of allylic oxidation sites excluding steroid dienone is 3. The molecule has 0 fully saturated rings. The van der Waals surface area contributed by atoms with Gasteiger partial charge in [-0.15, -0.1) is 13.2 Å². The Morgan fingerprint density at radius 1 is 1.23 bits per heavy atom. The zero-order chi connectivity index (χ0) is 22.1. The van der Waals surface area contributed by atoms with Crippen LogP contribution in [0.15, 0.2) is 47.8 Å². The van der Waals surface area contributed by atoms with Gasteiger partial charge in [-0.05, 0) is 42.9 Å². The molecule has 0 heterocycles. The highest BCUT2D eigenvalue weighted by atomic mass is 19.4. The summed E-state index contributed by atoms with van der Waals surface area (Å²) in [6.45, 7) is 2.00. The molecule has 0 aliphatic heterocycles. The number of hydrogen-bond acceptors (Lipinski definition) is 2. The Morgan fingerprint density at radius 3 is 2.57 bits per heavy atom. The van der Waals surface area contributed by atoms with Crippen molar-refractivity contribution in [3.63, 3.8) is 0 Å². The second-order valence-corrected chi connectivity index (χ2v) is 7.60. The molecule has 30 heavy (non-hydrogen) atoms. The molecule has 1 N–H and O–H groups in total. The summed E-state index contributed by atoms with van der Waals surface area (Å²) in [4.78, 5) is 0. The Kier molecular flexibility index (Phi) is 6.36. The molecular formula is C22H22F6O2. The minimum atomic E-state index is -5.18. The van der Waals surface area contributed by atoms with Crippen LogP contribution >= 0.6 is 0 Å². The molecule has 1 aromatic rings. The normalized spacial score (nSPS) is 27.4. The van der Waals surface area contributed by atoms with Crippen LogP contribution in [0.2, 0.25) is 0 Å². The van der Waals surface area contributed by atoms with Crippen molar-refractivity contribution in [3.8, 4) is 0 Å². The summed E-state index contributed by atoms with van der Waals surface area (Å²) in [6.07, 6.45) is -1.45. The maximum absolute atomic E-state index is 15.4. The van der Waals surface area contributed by atoms with Crippen molar-refractivity contribution >= 4 is 5.57 Å². The lowest BCUT2D eigenvalue weighted by Crippen LogP contribution is -2.49. The molecule has 0 radical (unpaired) electrons. The van der Waals surface area contributed by atoms with E-state index in [9.17, 15) is 27.1 Å². The SMILES string of the molecule is CCCC1CC=C(C2(OC(F)(F)F)C=CC(c3cccc(F)c3F)=C(O)C2F)CC1. The van der Waals surface area contributed by atoms with E-state index < -0.39 is 46.7 Å². The van der Waals surface area contributed by atoms with Crippen molar-refractivity contribution in [1.29, 1.82) is 0 Å². The van der Waals surface area contributed by atoms with Gasteiger partial charge in [-0.1, -0.05) is 44.1 Å². The molecule has 3 atom stereocenters. The van der Waals surface area contributed by atoms with Gasteiger partial charge in [0, 0.05) is 11.1 Å². The van der Waals surface area contributed by atoms with Gasteiger partial charge in [0.15, 0.2) is 23.4 Å². The number of ether oxygens (including phenoxy) is 1. The topological polar surface area (TPSA) is 29.5 Å². The fourth-order valence-corrected chi connectivity index (χ4v) is 4.18. The van der Waals surface area contributed by atoms with Gasteiger partial charge in [0.1, 0.15) is 5.76 Å². The molecular weight excluding hydrogens is 410 g/mol. The molecule has 3 rings (SSSR count). The van der Waals surface area contributed by atoms with Crippen molar-refractivity contribution < 1.29 is 36.2 Å². The van der Waals surface area contributed by atoms with Crippen LogP contribution in [-0.2, 0) is 4.74 Å². The Hall–Kier alpha value is -2.22. The molecule has 2 nitrogen and oxygen atoms in total. The van der Waals surface area contributed by atoms with E-state index in [1.165, 1.54) is 6.08 Å². The highest BCUT2D eigenvalue weighted by Crippen LogP contribution is 2.47. The average molecular weight is 432 g/mol. The van der Waals surface area contributed by atoms with Gasteiger partial charge in [-0.3, -0.25) is 4.74 Å². The first-order valence-electron chi connectivity index (χ1n) is 9.76. The summed E-state index contributed by atoms with van der Waals surface area (Å²) in [5.74, 6) is -3.41. The van der Waals surface area contributed by atoms with E-state index in [0.717, 1.165) is 43.2 Å². The Balaban J connectivity index is 2.03. The summed E-state index contributed by atoms with van der Waals surface area (Å²) < 4.78 is 86.9. The highest BCUT2D eigenvalue weighted by molar-refractivity contribution is 5.79. The third kappa shape index (κ3) is 4.29. The van der Waals surface area contributed by atoms with Gasteiger partial charge in [0.2, 0.25) is 0 Å². The fourth-order valence-electron chi connectivity index (χ4n) is 4.18. The quantitative estimate of drug-likeness (QED) is 0.403. The number of halogens is 6. The van der Waals surface area contributed by atoms with Crippen LogP contribution in [0.25, 0.3) is 5.57 Å². The van der Waals surface area contributed by atoms with Crippen LogP contribution in [0, 0.1) is 17.6 Å². The number of aliphatic hydroxyl groups is 1. The molecule has 0 amide bonds. The molecule has 0 spiro atoms. The van der Waals surface area contributed by atoms with Crippen LogP contribution < -0.4 is 0 Å². The first-order valence-corrected chi connectivity index (χ1v) is 9.76. The third-order valence-corrected chi connectivity index (χ3v) is 5.63. The van der Waals surface area contributed by atoms with Crippen molar-refractivity contribution in [2.24, 2.45) is 5.92 Å². The predicted molar refractivity (Wildman–Crippen MR) is 100 cm³/mol. The largest absolute Gasteiger partial charge is 0.523 e. The first kappa shape index (κ1) is 22.5. The van der Waals surface area contributed by atoms with Crippen LogP contribution in [0.3, 0.4) is 0 Å². The van der Waals surface area contributed by atoms with E-state index in [1.807, 2.05) is 6.92 Å². The van der Waals surface area contributed by atoms with E-state index >= 15 is 4.39 Å². The van der Waals surface area contributed by atoms with Gasteiger partial charge < -0.3 is 5.11 Å². The molecule has 2 aliphatic rings. The van der Waals surface area contributed by atoms with Crippen molar-refractivity contribution in [1.82, 2.24) is 0 Å². The van der Waals surface area contributed by atoms with Crippen molar-refractivity contribution in [3.05, 3.63) is 65.0 Å². The summed E-state index contributed by atoms with van der Waals surface area (Å²) in [7, 11) is 0. The van der Waals surface area contributed by atoms with Gasteiger partial charge in [0.25, 0.3) is 0 Å². The van der Waals surface area contributed by atoms with E-state index in [1.54, 1.807) is 0 Å². The molecule has 1 aromatic carbocycles. The smallest absolute Gasteiger partial charge is 0.508 e. The Bertz CT molecular complexity index is 886. The number of benzene rings is 1. The molecule has 0 saturated heterocycles. The number of hydrogen-bond donors (Lipinski definition) is 1.